The fourth-order valence-electron chi connectivity index (χ4n) is 3.04. The van der Waals surface area contributed by atoms with Gasteiger partial charge in [-0.1, -0.05) is 62.9 Å². The monoisotopic (exact) mass is 409 g/mol. The standard InChI is InChI=1S/C23H27N3O2S/c1-5-17-10-6-9-13-20(17)26-22(28)18-11-7-8-12-19(18)25-23(26)29-14-21(27)24-16(4)15(2)3/h6-13,15-16H,5,14H2,1-4H3,(H,24,27)/t16-/m0/s1. The summed E-state index contributed by atoms with van der Waals surface area (Å²) in [4.78, 5) is 30.5. The molecule has 0 spiro atoms. The van der Waals surface area contributed by atoms with E-state index in [9.17, 15) is 9.59 Å². The van der Waals surface area contributed by atoms with E-state index in [4.69, 9.17) is 4.98 Å². The number of rotatable bonds is 7. The molecule has 1 aromatic heterocycles. The van der Waals surface area contributed by atoms with Gasteiger partial charge in [0.2, 0.25) is 5.91 Å². The van der Waals surface area contributed by atoms with E-state index >= 15 is 0 Å². The molecular formula is C23H27N3O2S. The van der Waals surface area contributed by atoms with E-state index in [0.717, 1.165) is 17.7 Å². The molecule has 1 N–H and O–H groups in total. The Morgan fingerprint density at radius 3 is 2.52 bits per heavy atom. The van der Waals surface area contributed by atoms with Crippen LogP contribution in [0.15, 0.2) is 58.5 Å². The average Bonchev–Trinajstić information content (AvgIpc) is 2.72. The number of aromatic nitrogens is 2. The number of carbonyl (C=O) groups excluding carboxylic acids is 1. The molecule has 5 nitrogen and oxygen atoms in total. The number of fused-ring (bicyclic) bond motifs is 1. The lowest BCUT2D eigenvalue weighted by molar-refractivity contribution is -0.119. The predicted octanol–water partition coefficient (Wildman–Crippen LogP) is 4.20. The van der Waals surface area contributed by atoms with Crippen molar-refractivity contribution in [3.8, 4) is 5.69 Å². The molecule has 1 amide bonds. The molecule has 2 aromatic carbocycles. The second-order valence-electron chi connectivity index (χ2n) is 7.42. The van der Waals surface area contributed by atoms with Crippen molar-refractivity contribution in [2.45, 2.75) is 45.3 Å². The summed E-state index contributed by atoms with van der Waals surface area (Å²) in [5.41, 5.74) is 2.40. The molecule has 0 unspecified atom stereocenters. The highest BCUT2D eigenvalue weighted by molar-refractivity contribution is 7.99. The van der Waals surface area contributed by atoms with Crippen molar-refractivity contribution in [2.75, 3.05) is 5.75 Å². The molecule has 0 aliphatic heterocycles. The molecule has 0 aliphatic rings. The molecule has 29 heavy (non-hydrogen) atoms. The first-order valence-electron chi connectivity index (χ1n) is 9.94. The molecule has 0 aliphatic carbocycles. The Hall–Kier alpha value is -2.60. The minimum Gasteiger partial charge on any atom is -0.353 e. The molecule has 3 rings (SSSR count). The lowest BCUT2D eigenvalue weighted by Crippen LogP contribution is -2.37. The summed E-state index contributed by atoms with van der Waals surface area (Å²) in [5.74, 6) is 0.502. The molecule has 0 saturated carbocycles. The van der Waals surface area contributed by atoms with Gasteiger partial charge in [-0.25, -0.2) is 4.98 Å². The first-order valence-corrected chi connectivity index (χ1v) is 10.9. The Balaban J connectivity index is 2.04. The number of aryl methyl sites for hydroxylation is 1. The van der Waals surface area contributed by atoms with Gasteiger partial charge in [-0.05, 0) is 43.0 Å². The molecular weight excluding hydrogens is 382 g/mol. The molecule has 3 aromatic rings. The zero-order chi connectivity index (χ0) is 21.0. The Labute approximate surface area is 175 Å². The van der Waals surface area contributed by atoms with E-state index in [1.165, 1.54) is 11.8 Å². The van der Waals surface area contributed by atoms with Gasteiger partial charge in [0.1, 0.15) is 0 Å². The second-order valence-corrected chi connectivity index (χ2v) is 8.37. The molecule has 0 bridgehead atoms. The molecule has 6 heteroatoms. The van der Waals surface area contributed by atoms with E-state index in [0.29, 0.717) is 22.0 Å². The molecule has 0 fully saturated rings. The first kappa shape index (κ1) is 21.1. The van der Waals surface area contributed by atoms with Gasteiger partial charge in [-0.15, -0.1) is 0 Å². The van der Waals surface area contributed by atoms with Crippen LogP contribution in [0.2, 0.25) is 0 Å². The Kier molecular flexibility index (Phi) is 6.75. The summed E-state index contributed by atoms with van der Waals surface area (Å²) in [6.07, 6.45) is 0.798. The van der Waals surface area contributed by atoms with Crippen LogP contribution >= 0.6 is 11.8 Å². The Morgan fingerprint density at radius 2 is 1.79 bits per heavy atom. The SMILES string of the molecule is CCc1ccccc1-n1c(SCC(=O)N[C@@H](C)C(C)C)nc2ccccc2c1=O. The van der Waals surface area contributed by atoms with Crippen molar-refractivity contribution in [2.24, 2.45) is 5.92 Å². The van der Waals surface area contributed by atoms with Crippen LogP contribution in [0.1, 0.15) is 33.3 Å². The van der Waals surface area contributed by atoms with Gasteiger partial charge in [-0.2, -0.15) is 0 Å². The highest BCUT2D eigenvalue weighted by atomic mass is 32.2. The van der Waals surface area contributed by atoms with Crippen molar-refractivity contribution in [3.63, 3.8) is 0 Å². The third kappa shape index (κ3) is 4.70. The number of nitrogens with one attached hydrogen (secondary N) is 1. The maximum atomic E-state index is 13.3. The van der Waals surface area contributed by atoms with Gasteiger partial charge in [0, 0.05) is 6.04 Å². The summed E-state index contributed by atoms with van der Waals surface area (Å²) < 4.78 is 1.64. The van der Waals surface area contributed by atoms with Gasteiger partial charge in [0.25, 0.3) is 5.56 Å². The highest BCUT2D eigenvalue weighted by Crippen LogP contribution is 2.23. The zero-order valence-corrected chi connectivity index (χ0v) is 18.1. The number of amides is 1. The van der Waals surface area contributed by atoms with E-state index < -0.39 is 0 Å². The summed E-state index contributed by atoms with van der Waals surface area (Å²) in [7, 11) is 0. The lowest BCUT2D eigenvalue weighted by atomic mass is 10.1. The van der Waals surface area contributed by atoms with E-state index in [-0.39, 0.29) is 23.3 Å². The van der Waals surface area contributed by atoms with E-state index in [1.54, 1.807) is 10.6 Å². The highest BCUT2D eigenvalue weighted by Gasteiger charge is 2.17. The summed E-state index contributed by atoms with van der Waals surface area (Å²) in [5, 5.41) is 4.11. The maximum Gasteiger partial charge on any atom is 0.266 e. The van der Waals surface area contributed by atoms with Crippen LogP contribution in [0.5, 0.6) is 0 Å². The van der Waals surface area contributed by atoms with Crippen LogP contribution in [-0.2, 0) is 11.2 Å². The lowest BCUT2D eigenvalue weighted by Gasteiger charge is -2.18. The number of benzene rings is 2. The van der Waals surface area contributed by atoms with Crippen molar-refractivity contribution in [1.82, 2.24) is 14.9 Å². The summed E-state index contributed by atoms with van der Waals surface area (Å²) in [6.45, 7) is 8.20. The second kappa shape index (κ2) is 9.27. The number of hydrogen-bond acceptors (Lipinski definition) is 4. The first-order chi connectivity index (χ1) is 13.9. The normalized spacial score (nSPS) is 12.3. The third-order valence-electron chi connectivity index (χ3n) is 5.08. The number of para-hydroxylation sites is 2. The van der Waals surface area contributed by atoms with Crippen LogP contribution in [0.4, 0.5) is 0 Å². The molecule has 0 saturated heterocycles. The van der Waals surface area contributed by atoms with Crippen molar-refractivity contribution >= 4 is 28.6 Å². The molecule has 0 radical (unpaired) electrons. The topological polar surface area (TPSA) is 64.0 Å². The minimum atomic E-state index is -0.116. The van der Waals surface area contributed by atoms with E-state index in [1.807, 2.05) is 49.4 Å². The maximum absolute atomic E-state index is 13.3. The molecule has 152 valence electrons. The number of thioether (sulfide) groups is 1. The van der Waals surface area contributed by atoms with Crippen molar-refractivity contribution in [1.29, 1.82) is 0 Å². The fraction of sp³-hybridized carbons (Fsp3) is 0.348. The predicted molar refractivity (Wildman–Crippen MR) is 120 cm³/mol. The van der Waals surface area contributed by atoms with Crippen molar-refractivity contribution in [3.05, 3.63) is 64.4 Å². The summed E-state index contributed by atoms with van der Waals surface area (Å²) in [6, 6.07) is 15.3. The van der Waals surface area contributed by atoms with Crippen LogP contribution in [0.25, 0.3) is 16.6 Å². The fourth-order valence-corrected chi connectivity index (χ4v) is 3.86. The van der Waals surface area contributed by atoms with Gasteiger partial charge >= 0.3 is 0 Å². The minimum absolute atomic E-state index is 0.0612. The van der Waals surface area contributed by atoms with Crippen LogP contribution in [-0.4, -0.2) is 27.3 Å². The van der Waals surface area contributed by atoms with Crippen LogP contribution in [0.3, 0.4) is 0 Å². The van der Waals surface area contributed by atoms with Gasteiger partial charge in [-0.3, -0.25) is 14.2 Å². The van der Waals surface area contributed by atoms with Gasteiger partial charge < -0.3 is 5.32 Å². The van der Waals surface area contributed by atoms with E-state index in [2.05, 4.69) is 26.1 Å². The van der Waals surface area contributed by atoms with Crippen LogP contribution in [0, 0.1) is 5.92 Å². The smallest absolute Gasteiger partial charge is 0.266 e. The third-order valence-corrected chi connectivity index (χ3v) is 6.02. The number of hydrogen-bond donors (Lipinski definition) is 1. The molecule has 1 heterocycles. The number of nitrogens with zero attached hydrogens (tertiary/aromatic N) is 2. The summed E-state index contributed by atoms with van der Waals surface area (Å²) >= 11 is 1.29. The largest absolute Gasteiger partial charge is 0.353 e. The van der Waals surface area contributed by atoms with Crippen LogP contribution < -0.4 is 10.9 Å². The quantitative estimate of drug-likeness (QED) is 0.469. The average molecular weight is 410 g/mol. The molecule has 1 atom stereocenters. The Bertz CT molecular complexity index is 1080. The van der Waals surface area contributed by atoms with Gasteiger partial charge in [0.05, 0.1) is 22.3 Å². The van der Waals surface area contributed by atoms with Gasteiger partial charge in [0.15, 0.2) is 5.16 Å². The number of carbonyl (C=O) groups is 1. The Morgan fingerprint density at radius 1 is 1.10 bits per heavy atom. The zero-order valence-electron chi connectivity index (χ0n) is 17.3. The van der Waals surface area contributed by atoms with Crippen molar-refractivity contribution < 1.29 is 4.79 Å².